The maximum atomic E-state index is 12.4. The first-order valence-corrected chi connectivity index (χ1v) is 7.59. The number of benzene rings is 1. The number of Topliss-reactive ketones (excluding diaryl/α,β-unsaturated/α-hetero) is 1. The molecule has 0 aliphatic carbocycles. The summed E-state index contributed by atoms with van der Waals surface area (Å²) in [4.78, 5) is 14.8. The molecule has 20 heavy (non-hydrogen) atoms. The number of aryl methyl sites for hydroxylation is 2. The first kappa shape index (κ1) is 16.3. The third kappa shape index (κ3) is 3.03. The zero-order valence-electron chi connectivity index (χ0n) is 12.3. The van der Waals surface area contributed by atoms with Crippen LogP contribution in [0.25, 0.3) is 5.53 Å². The van der Waals surface area contributed by atoms with Gasteiger partial charge in [-0.15, -0.1) is 4.79 Å². The van der Waals surface area contributed by atoms with Crippen LogP contribution in [0.4, 0.5) is 0 Å². The Labute approximate surface area is 119 Å². The highest BCUT2D eigenvalue weighted by molar-refractivity contribution is 8.08. The van der Waals surface area contributed by atoms with Gasteiger partial charge in [-0.2, -0.15) is 0 Å². The maximum absolute atomic E-state index is 12.4. The fourth-order valence-electron chi connectivity index (χ4n) is 1.53. The largest absolute Gasteiger partial charge is 0.452 e. The molecular formula is C14H18N2O3S. The molecule has 0 aromatic heterocycles. The Kier molecular flexibility index (Phi) is 4.32. The number of carbonyl (C=O) groups is 1. The minimum atomic E-state index is -4.12. The van der Waals surface area contributed by atoms with E-state index in [4.69, 9.17) is 5.53 Å². The second-order valence-electron chi connectivity index (χ2n) is 5.73. The zero-order valence-corrected chi connectivity index (χ0v) is 13.1. The van der Waals surface area contributed by atoms with Crippen molar-refractivity contribution < 1.29 is 18.0 Å². The number of hydrogen-bond acceptors (Lipinski definition) is 3. The molecule has 0 bridgehead atoms. The van der Waals surface area contributed by atoms with Crippen molar-refractivity contribution in [2.24, 2.45) is 5.41 Å². The normalized spacial score (nSPS) is 11.8. The molecule has 5 nitrogen and oxygen atoms in total. The summed E-state index contributed by atoms with van der Waals surface area (Å²) >= 11 is 0. The first-order chi connectivity index (χ1) is 9.01. The summed E-state index contributed by atoms with van der Waals surface area (Å²) in [6, 6.07) is 4.52. The van der Waals surface area contributed by atoms with E-state index in [-0.39, 0.29) is 4.90 Å². The van der Waals surface area contributed by atoms with E-state index in [1.165, 1.54) is 12.1 Å². The predicted octanol–water partition coefficient (Wildman–Crippen LogP) is 2.32. The molecule has 0 atom stereocenters. The molecule has 0 radical (unpaired) electrons. The van der Waals surface area contributed by atoms with E-state index in [1.54, 1.807) is 33.8 Å². The molecule has 108 valence electrons. The van der Waals surface area contributed by atoms with Crippen LogP contribution < -0.4 is 0 Å². The van der Waals surface area contributed by atoms with Crippen LogP contribution in [0.15, 0.2) is 23.1 Å². The van der Waals surface area contributed by atoms with Gasteiger partial charge in [-0.1, -0.05) is 26.8 Å². The Morgan fingerprint density at radius 1 is 1.15 bits per heavy atom. The van der Waals surface area contributed by atoms with E-state index in [0.29, 0.717) is 0 Å². The van der Waals surface area contributed by atoms with Gasteiger partial charge in [0.1, 0.15) is 0 Å². The van der Waals surface area contributed by atoms with Crippen molar-refractivity contribution in [1.29, 1.82) is 0 Å². The second-order valence-corrected chi connectivity index (χ2v) is 7.60. The maximum Gasteiger partial charge on any atom is 0.452 e. The fourth-order valence-corrected chi connectivity index (χ4v) is 2.99. The van der Waals surface area contributed by atoms with E-state index in [2.05, 4.69) is 4.79 Å². The highest BCUT2D eigenvalue weighted by atomic mass is 32.2. The molecule has 0 fully saturated rings. The number of nitrogens with zero attached hydrogens (tertiary/aromatic N) is 2. The summed E-state index contributed by atoms with van der Waals surface area (Å²) in [7, 11) is -4.12. The number of carbonyl (C=O) groups excluding carboxylic acids is 1. The molecule has 6 heteroatoms. The van der Waals surface area contributed by atoms with Gasteiger partial charge in [0.05, 0.1) is 4.90 Å². The molecule has 0 spiro atoms. The molecule has 0 saturated heterocycles. The number of hydrogen-bond donors (Lipinski definition) is 0. The molecule has 0 aliphatic rings. The summed E-state index contributed by atoms with van der Waals surface area (Å²) in [5.74, 6) is -0.724. The Morgan fingerprint density at radius 3 is 2.10 bits per heavy atom. The monoisotopic (exact) mass is 294 g/mol. The standard InChI is InChI=1S/C14H18N2O3S/c1-9-6-7-11(8-10(9)2)20(18,19)13(16-15)12(17)14(3,4)5/h6-8H,1-5H3. The van der Waals surface area contributed by atoms with Crippen molar-refractivity contribution in [2.45, 2.75) is 39.5 Å². The Bertz CT molecular complexity index is 706. The highest BCUT2D eigenvalue weighted by Gasteiger charge is 2.43. The lowest BCUT2D eigenvalue weighted by atomic mass is 9.91. The summed E-state index contributed by atoms with van der Waals surface area (Å²) in [5.41, 5.74) is 9.74. The van der Waals surface area contributed by atoms with Gasteiger partial charge < -0.3 is 5.53 Å². The SMILES string of the molecule is Cc1ccc(S(=O)(=O)C(=[N+]=[N-])C(=O)C(C)(C)C)cc1C. The van der Waals surface area contributed by atoms with Gasteiger partial charge in [-0.3, -0.25) is 4.79 Å². The van der Waals surface area contributed by atoms with Crippen molar-refractivity contribution in [1.82, 2.24) is 0 Å². The summed E-state index contributed by atoms with van der Waals surface area (Å²) in [6.07, 6.45) is 0. The van der Waals surface area contributed by atoms with Gasteiger partial charge in [-0.25, -0.2) is 8.42 Å². The summed E-state index contributed by atoms with van der Waals surface area (Å²) < 4.78 is 24.8. The van der Waals surface area contributed by atoms with Crippen LogP contribution >= 0.6 is 0 Å². The van der Waals surface area contributed by atoms with Crippen molar-refractivity contribution in [3.05, 3.63) is 34.9 Å². The number of ketones is 1. The van der Waals surface area contributed by atoms with Crippen LogP contribution in [-0.2, 0) is 14.6 Å². The molecule has 0 saturated carbocycles. The molecule has 0 N–H and O–H groups in total. The lowest BCUT2D eigenvalue weighted by Crippen LogP contribution is -2.35. The third-order valence-electron chi connectivity index (χ3n) is 3.01. The van der Waals surface area contributed by atoms with Crippen molar-refractivity contribution in [3.8, 4) is 0 Å². The zero-order chi connectivity index (χ0) is 15.7. The second kappa shape index (κ2) is 5.31. The minimum Gasteiger partial charge on any atom is -0.360 e. The third-order valence-corrected chi connectivity index (χ3v) is 4.66. The first-order valence-electron chi connectivity index (χ1n) is 6.11. The fraction of sp³-hybridized carbons (Fsp3) is 0.429. The average Bonchev–Trinajstić information content (AvgIpc) is 2.31. The quantitative estimate of drug-likeness (QED) is 0.363. The van der Waals surface area contributed by atoms with Crippen molar-refractivity contribution in [3.63, 3.8) is 0 Å². The highest BCUT2D eigenvalue weighted by Crippen LogP contribution is 2.22. The van der Waals surface area contributed by atoms with Crippen LogP contribution in [0, 0.1) is 19.3 Å². The van der Waals surface area contributed by atoms with E-state index in [9.17, 15) is 13.2 Å². The van der Waals surface area contributed by atoms with Crippen LogP contribution in [-0.4, -0.2) is 24.0 Å². The van der Waals surface area contributed by atoms with Crippen LogP contribution in [0.5, 0.6) is 0 Å². The van der Waals surface area contributed by atoms with E-state index >= 15 is 0 Å². The molecule has 0 amide bonds. The summed E-state index contributed by atoms with van der Waals surface area (Å²) in [5, 5.41) is -0.826. The van der Waals surface area contributed by atoms with Gasteiger partial charge in [0.25, 0.3) is 15.6 Å². The Balaban J connectivity index is 3.45. The molecule has 1 rings (SSSR count). The van der Waals surface area contributed by atoms with Gasteiger partial charge in [0, 0.05) is 5.41 Å². The van der Waals surface area contributed by atoms with Crippen LogP contribution in [0.2, 0.25) is 0 Å². The molecule has 0 unspecified atom stereocenters. The van der Waals surface area contributed by atoms with Gasteiger partial charge in [0.2, 0.25) is 0 Å². The molecule has 1 aromatic rings. The minimum absolute atomic E-state index is 0.0500. The molecule has 0 aliphatic heterocycles. The number of rotatable bonds is 2. The van der Waals surface area contributed by atoms with Gasteiger partial charge in [-0.05, 0) is 37.1 Å². The average molecular weight is 294 g/mol. The molecular weight excluding hydrogens is 276 g/mol. The predicted molar refractivity (Wildman–Crippen MR) is 76.2 cm³/mol. The van der Waals surface area contributed by atoms with Gasteiger partial charge >= 0.3 is 5.04 Å². The Morgan fingerprint density at radius 2 is 1.70 bits per heavy atom. The lowest BCUT2D eigenvalue weighted by Gasteiger charge is -2.13. The number of sulfone groups is 1. The topological polar surface area (TPSA) is 87.6 Å². The lowest BCUT2D eigenvalue weighted by molar-refractivity contribution is -0.123. The van der Waals surface area contributed by atoms with Crippen molar-refractivity contribution >= 4 is 20.7 Å². The van der Waals surface area contributed by atoms with Crippen LogP contribution in [0.1, 0.15) is 31.9 Å². The van der Waals surface area contributed by atoms with E-state index in [1.807, 2.05) is 6.92 Å². The Hall–Kier alpha value is -1.78. The molecule has 0 heterocycles. The van der Waals surface area contributed by atoms with Crippen molar-refractivity contribution in [2.75, 3.05) is 0 Å². The van der Waals surface area contributed by atoms with E-state index < -0.39 is 26.1 Å². The molecule has 1 aromatic carbocycles. The smallest absolute Gasteiger partial charge is 0.360 e. The van der Waals surface area contributed by atoms with Gasteiger partial charge in [0.15, 0.2) is 0 Å². The van der Waals surface area contributed by atoms with Crippen LogP contribution in [0.3, 0.4) is 0 Å². The summed E-state index contributed by atoms with van der Waals surface area (Å²) in [6.45, 7) is 8.33. The van der Waals surface area contributed by atoms with E-state index in [0.717, 1.165) is 11.1 Å².